The molecule has 0 aliphatic carbocycles. The Morgan fingerprint density at radius 1 is 0.889 bits per heavy atom. The summed E-state index contributed by atoms with van der Waals surface area (Å²) in [4.78, 5) is 14.1. The molecule has 6 heteroatoms. The second kappa shape index (κ2) is 15.9. The van der Waals surface area contributed by atoms with Gasteiger partial charge in [0, 0.05) is 36.9 Å². The van der Waals surface area contributed by atoms with E-state index in [4.69, 9.17) is 39.5 Å². The van der Waals surface area contributed by atoms with Crippen LogP contribution in [-0.2, 0) is 22.7 Å². The molecule has 1 amide bonds. The van der Waals surface area contributed by atoms with Crippen LogP contribution < -0.4 is 0 Å². The van der Waals surface area contributed by atoms with Gasteiger partial charge in [-0.15, -0.1) is 34.8 Å². The van der Waals surface area contributed by atoms with E-state index < -0.39 is 4.87 Å². The van der Waals surface area contributed by atoms with E-state index in [0.29, 0.717) is 32.0 Å². The van der Waals surface area contributed by atoms with Gasteiger partial charge in [-0.2, -0.15) is 0 Å². The fraction of sp³-hybridized carbons (Fsp3) is 0.567. The van der Waals surface area contributed by atoms with E-state index in [1.54, 1.807) is 0 Å². The highest BCUT2D eigenvalue weighted by molar-refractivity contribution is 6.37. The summed E-state index contributed by atoms with van der Waals surface area (Å²) in [5.41, 5.74) is 2.33. The lowest BCUT2D eigenvalue weighted by atomic mass is 9.90. The monoisotopic (exact) mass is 551 g/mol. The lowest BCUT2D eigenvalue weighted by Crippen LogP contribution is -2.40. The summed E-state index contributed by atoms with van der Waals surface area (Å²) in [5, 5.41) is -0.115. The van der Waals surface area contributed by atoms with Crippen molar-refractivity contribution in [1.29, 1.82) is 0 Å². The van der Waals surface area contributed by atoms with Gasteiger partial charge in [0.1, 0.15) is 4.87 Å². The molecule has 198 valence electrons. The molecule has 0 N–H and O–H groups in total. The number of carbonyl (C=O) groups is 1. The average molecular weight is 553 g/mol. The van der Waals surface area contributed by atoms with Gasteiger partial charge >= 0.3 is 0 Å². The Morgan fingerprint density at radius 2 is 1.47 bits per heavy atom. The second-order valence-electron chi connectivity index (χ2n) is 9.99. The van der Waals surface area contributed by atoms with Gasteiger partial charge < -0.3 is 9.64 Å². The standard InChI is InChI=1S/C30H40Cl3NO2/c31-21-27-23-34(22-25-14-8-6-9-15-25)29(35)30(27,33)20-28(32)18-12-4-2-1-3-5-13-19-36-24-26-16-10-7-11-17-26/h6-11,14-17,27-28H,1-5,12-13,18-24H2/t27-,28?,30-/m0/s1. The van der Waals surface area contributed by atoms with Crippen molar-refractivity contribution in [2.45, 2.75) is 81.2 Å². The minimum absolute atomic E-state index is 0.0305. The number of hydrogen-bond donors (Lipinski definition) is 0. The van der Waals surface area contributed by atoms with Crippen molar-refractivity contribution in [3.05, 3.63) is 71.8 Å². The first-order valence-corrected chi connectivity index (χ1v) is 14.7. The Labute approximate surface area is 232 Å². The highest BCUT2D eigenvalue weighted by Gasteiger charge is 2.52. The van der Waals surface area contributed by atoms with Gasteiger partial charge in [0.2, 0.25) is 5.91 Å². The summed E-state index contributed by atoms with van der Waals surface area (Å²) >= 11 is 19.9. The van der Waals surface area contributed by atoms with Crippen molar-refractivity contribution in [3.63, 3.8) is 0 Å². The normalized spacial score (nSPS) is 20.7. The van der Waals surface area contributed by atoms with Crippen LogP contribution in [0, 0.1) is 5.92 Å². The van der Waals surface area contributed by atoms with Crippen LogP contribution in [0.2, 0.25) is 0 Å². The number of alkyl halides is 3. The summed E-state index contributed by atoms with van der Waals surface area (Å²) in [6, 6.07) is 20.3. The number of nitrogens with zero attached hydrogens (tertiary/aromatic N) is 1. The van der Waals surface area contributed by atoms with Crippen molar-refractivity contribution in [3.8, 4) is 0 Å². The van der Waals surface area contributed by atoms with Gasteiger partial charge in [-0.25, -0.2) is 0 Å². The smallest absolute Gasteiger partial charge is 0.244 e. The van der Waals surface area contributed by atoms with Crippen LogP contribution in [0.15, 0.2) is 60.7 Å². The number of rotatable bonds is 17. The second-order valence-corrected chi connectivity index (χ2v) is 11.6. The highest BCUT2D eigenvalue weighted by Crippen LogP contribution is 2.42. The number of hydrogen-bond acceptors (Lipinski definition) is 2. The molecule has 0 spiro atoms. The molecule has 3 nitrogen and oxygen atoms in total. The number of halogens is 3. The molecule has 1 heterocycles. The van der Waals surface area contributed by atoms with Gasteiger partial charge in [-0.05, 0) is 30.4 Å². The lowest BCUT2D eigenvalue weighted by molar-refractivity contribution is -0.130. The predicted molar refractivity (Wildman–Crippen MR) is 152 cm³/mol. The fourth-order valence-corrected chi connectivity index (χ4v) is 6.31. The molecule has 1 fully saturated rings. The van der Waals surface area contributed by atoms with Crippen LogP contribution >= 0.6 is 34.8 Å². The number of likely N-dealkylation sites (tertiary alicyclic amines) is 1. The SMILES string of the molecule is O=C1N(Cc2ccccc2)C[C@H](CCl)[C@@]1(Cl)CC(Cl)CCCCCCCCCOCc1ccccc1. The van der Waals surface area contributed by atoms with E-state index in [0.717, 1.165) is 37.9 Å². The number of carbonyl (C=O) groups excluding carboxylic acids is 1. The van der Waals surface area contributed by atoms with E-state index in [2.05, 4.69) is 12.1 Å². The van der Waals surface area contributed by atoms with Crippen molar-refractivity contribution < 1.29 is 9.53 Å². The van der Waals surface area contributed by atoms with Crippen molar-refractivity contribution in [2.24, 2.45) is 5.92 Å². The zero-order chi connectivity index (χ0) is 25.6. The van der Waals surface area contributed by atoms with Gasteiger partial charge in [0.05, 0.1) is 6.61 Å². The molecule has 0 aromatic heterocycles. The van der Waals surface area contributed by atoms with Crippen molar-refractivity contribution >= 4 is 40.7 Å². The Morgan fingerprint density at radius 3 is 2.11 bits per heavy atom. The first-order valence-electron chi connectivity index (χ1n) is 13.4. The van der Waals surface area contributed by atoms with Crippen molar-refractivity contribution in [2.75, 3.05) is 19.0 Å². The highest BCUT2D eigenvalue weighted by atomic mass is 35.5. The summed E-state index contributed by atoms with van der Waals surface area (Å²) in [6.45, 7) is 2.68. The fourth-order valence-electron chi connectivity index (χ4n) is 4.94. The van der Waals surface area contributed by atoms with Crippen LogP contribution in [-0.4, -0.2) is 40.1 Å². The third kappa shape index (κ3) is 9.24. The Bertz CT molecular complexity index is 882. The van der Waals surface area contributed by atoms with E-state index in [1.807, 2.05) is 53.4 Å². The van der Waals surface area contributed by atoms with Gasteiger partial charge in [-0.3, -0.25) is 4.79 Å². The Kier molecular flexibility index (Phi) is 12.9. The first kappa shape index (κ1) is 29.3. The molecule has 0 saturated carbocycles. The number of unbranched alkanes of at least 4 members (excludes halogenated alkanes) is 6. The number of amides is 1. The van der Waals surface area contributed by atoms with Crippen LogP contribution in [0.5, 0.6) is 0 Å². The zero-order valence-electron chi connectivity index (χ0n) is 21.2. The zero-order valence-corrected chi connectivity index (χ0v) is 23.5. The van der Waals surface area contributed by atoms with E-state index >= 15 is 0 Å². The molecule has 1 aliphatic rings. The molecule has 1 saturated heterocycles. The van der Waals surface area contributed by atoms with Gasteiger partial charge in [-0.1, -0.05) is 99.2 Å². The third-order valence-corrected chi connectivity index (χ3v) is 8.44. The number of benzene rings is 2. The third-order valence-electron chi connectivity index (χ3n) is 7.07. The maximum Gasteiger partial charge on any atom is 0.244 e. The topological polar surface area (TPSA) is 29.5 Å². The van der Waals surface area contributed by atoms with E-state index in [9.17, 15) is 4.79 Å². The molecule has 2 aromatic rings. The molecule has 0 radical (unpaired) electrons. The summed E-state index contributed by atoms with van der Waals surface area (Å²) in [5.74, 6) is 0.244. The van der Waals surface area contributed by atoms with E-state index in [-0.39, 0.29) is 17.2 Å². The van der Waals surface area contributed by atoms with Crippen LogP contribution in [0.1, 0.15) is 68.9 Å². The predicted octanol–water partition coefficient (Wildman–Crippen LogP) is 8.20. The Balaban J connectivity index is 1.25. The molecular formula is C30H40Cl3NO2. The molecule has 1 aliphatic heterocycles. The molecule has 2 aromatic carbocycles. The van der Waals surface area contributed by atoms with E-state index in [1.165, 1.54) is 31.2 Å². The average Bonchev–Trinajstić information content (AvgIpc) is 3.12. The van der Waals surface area contributed by atoms with Crippen molar-refractivity contribution in [1.82, 2.24) is 4.90 Å². The van der Waals surface area contributed by atoms with Crippen LogP contribution in [0.4, 0.5) is 0 Å². The lowest BCUT2D eigenvalue weighted by Gasteiger charge is -2.27. The maximum absolute atomic E-state index is 13.2. The summed E-state index contributed by atoms with van der Waals surface area (Å²) in [7, 11) is 0. The van der Waals surface area contributed by atoms with Crippen LogP contribution in [0.25, 0.3) is 0 Å². The quantitative estimate of drug-likeness (QED) is 0.146. The molecule has 1 unspecified atom stereocenters. The summed E-state index contributed by atoms with van der Waals surface area (Å²) < 4.78 is 5.75. The minimum atomic E-state index is -0.995. The van der Waals surface area contributed by atoms with Gasteiger partial charge in [0.25, 0.3) is 0 Å². The van der Waals surface area contributed by atoms with Crippen LogP contribution in [0.3, 0.4) is 0 Å². The minimum Gasteiger partial charge on any atom is -0.377 e. The summed E-state index contributed by atoms with van der Waals surface area (Å²) in [6.07, 6.45) is 9.61. The van der Waals surface area contributed by atoms with Gasteiger partial charge in [0.15, 0.2) is 0 Å². The Hall–Kier alpha value is -1.26. The molecule has 3 atom stereocenters. The molecule has 3 rings (SSSR count). The molecule has 36 heavy (non-hydrogen) atoms. The first-order chi connectivity index (χ1) is 17.5. The molecule has 0 bridgehead atoms. The molecular weight excluding hydrogens is 513 g/mol. The number of ether oxygens (including phenoxy) is 1. The maximum atomic E-state index is 13.2. The largest absolute Gasteiger partial charge is 0.377 e.